The highest BCUT2D eigenvalue weighted by atomic mass is 35.5. The summed E-state index contributed by atoms with van der Waals surface area (Å²) in [4.78, 5) is 23.3. The lowest BCUT2D eigenvalue weighted by Crippen LogP contribution is -2.43. The van der Waals surface area contributed by atoms with Gasteiger partial charge in [0, 0.05) is 29.4 Å². The van der Waals surface area contributed by atoms with Gasteiger partial charge >= 0.3 is 0 Å². The molecule has 2 atom stereocenters. The van der Waals surface area contributed by atoms with Gasteiger partial charge in [-0.05, 0) is 43.0 Å². The zero-order valence-electron chi connectivity index (χ0n) is 16.0. The second kappa shape index (κ2) is 8.01. The summed E-state index contributed by atoms with van der Waals surface area (Å²) in [5.41, 5.74) is 3.08. The fraction of sp³-hybridized carbons (Fsp3) is 0.364. The molecule has 5 nitrogen and oxygen atoms in total. The molecular weight excluding hydrogens is 404 g/mol. The largest absolute Gasteiger partial charge is 0.352 e. The fourth-order valence-corrected chi connectivity index (χ4v) is 5.28. The maximum atomic E-state index is 12.9. The van der Waals surface area contributed by atoms with Gasteiger partial charge in [0.25, 0.3) is 0 Å². The van der Waals surface area contributed by atoms with Crippen molar-refractivity contribution in [1.82, 2.24) is 20.2 Å². The van der Waals surface area contributed by atoms with Crippen LogP contribution in [0, 0.1) is 0 Å². The number of aromatic amines is 1. The molecule has 1 amide bonds. The number of amides is 1. The van der Waals surface area contributed by atoms with Gasteiger partial charge in [0.1, 0.15) is 0 Å². The number of thioether (sulfide) groups is 1. The zero-order chi connectivity index (χ0) is 19.8. The summed E-state index contributed by atoms with van der Waals surface area (Å²) in [5.74, 6) is 0.146. The van der Waals surface area contributed by atoms with Gasteiger partial charge in [-0.3, -0.25) is 9.69 Å². The second-order valence-corrected chi connectivity index (χ2v) is 9.55. The van der Waals surface area contributed by atoms with Crippen molar-refractivity contribution in [2.75, 3.05) is 6.54 Å². The Balaban J connectivity index is 1.33. The van der Waals surface area contributed by atoms with E-state index in [9.17, 15) is 4.79 Å². The van der Waals surface area contributed by atoms with Crippen LogP contribution in [0.15, 0.2) is 53.7 Å². The second-order valence-electron chi connectivity index (χ2n) is 7.85. The molecule has 2 fully saturated rings. The minimum Gasteiger partial charge on any atom is -0.352 e. The average Bonchev–Trinajstić information content (AvgIpc) is 3.29. The van der Waals surface area contributed by atoms with E-state index in [2.05, 4.69) is 15.2 Å². The molecule has 2 heterocycles. The number of carbonyl (C=O) groups is 1. The quantitative estimate of drug-likeness (QED) is 0.619. The van der Waals surface area contributed by atoms with E-state index in [-0.39, 0.29) is 11.9 Å². The van der Waals surface area contributed by atoms with E-state index in [1.54, 1.807) is 11.8 Å². The maximum Gasteiger partial charge on any atom is 0.237 e. The SMILES string of the molecule is O=C(NC1CC1)[C@@H]1C[C@H](Sc2nc3ccccc3[nH]2)CN1Cc1ccccc1Cl. The lowest BCUT2D eigenvalue weighted by Gasteiger charge is -2.24. The number of aromatic nitrogens is 2. The Hall–Kier alpha value is -2.02. The third-order valence-electron chi connectivity index (χ3n) is 5.57. The van der Waals surface area contributed by atoms with E-state index in [0.29, 0.717) is 17.8 Å². The van der Waals surface area contributed by atoms with Crippen LogP contribution in [0.1, 0.15) is 24.8 Å². The molecule has 2 N–H and O–H groups in total. The molecule has 1 aliphatic carbocycles. The number of H-pyrrole nitrogens is 1. The molecule has 0 radical (unpaired) electrons. The standard InChI is InChI=1S/C22H23ClN4OS/c23-17-6-2-1-5-14(17)12-27-13-16(11-20(27)21(28)24-15-9-10-15)29-22-25-18-7-3-4-8-19(18)26-22/h1-8,15-16,20H,9-13H2,(H,24,28)(H,25,26)/t16-,20-/m0/s1. The number of nitrogens with zero attached hydrogens (tertiary/aromatic N) is 2. The third kappa shape index (κ3) is 4.29. The normalized spacial score (nSPS) is 22.2. The molecule has 7 heteroatoms. The third-order valence-corrected chi connectivity index (χ3v) is 7.03. The molecule has 150 valence electrons. The molecule has 1 saturated heterocycles. The minimum atomic E-state index is -0.131. The van der Waals surface area contributed by atoms with Crippen molar-refractivity contribution < 1.29 is 4.79 Å². The van der Waals surface area contributed by atoms with Gasteiger partial charge in [-0.1, -0.05) is 53.7 Å². The van der Waals surface area contributed by atoms with Crippen molar-refractivity contribution in [3.05, 3.63) is 59.1 Å². The summed E-state index contributed by atoms with van der Waals surface area (Å²) in [7, 11) is 0. The Morgan fingerprint density at radius 1 is 1.21 bits per heavy atom. The van der Waals surface area contributed by atoms with Gasteiger partial charge in [0.2, 0.25) is 5.91 Å². The van der Waals surface area contributed by atoms with E-state index >= 15 is 0 Å². The topological polar surface area (TPSA) is 61.0 Å². The summed E-state index contributed by atoms with van der Waals surface area (Å²) < 4.78 is 0. The number of imidazole rings is 1. The number of halogens is 1. The van der Waals surface area contributed by atoms with Crippen molar-refractivity contribution in [2.45, 2.75) is 48.3 Å². The summed E-state index contributed by atoms with van der Waals surface area (Å²) in [6.07, 6.45) is 3.00. The van der Waals surface area contributed by atoms with Crippen LogP contribution in [-0.2, 0) is 11.3 Å². The monoisotopic (exact) mass is 426 g/mol. The smallest absolute Gasteiger partial charge is 0.237 e. The van der Waals surface area contributed by atoms with E-state index in [1.165, 1.54) is 0 Å². The lowest BCUT2D eigenvalue weighted by molar-refractivity contribution is -0.125. The van der Waals surface area contributed by atoms with Gasteiger partial charge in [-0.25, -0.2) is 4.98 Å². The first-order valence-electron chi connectivity index (χ1n) is 10.0. The van der Waals surface area contributed by atoms with Gasteiger partial charge in [-0.2, -0.15) is 0 Å². The predicted molar refractivity (Wildman–Crippen MR) is 117 cm³/mol. The maximum absolute atomic E-state index is 12.9. The Labute approximate surface area is 179 Å². The van der Waals surface area contributed by atoms with Crippen molar-refractivity contribution in [3.8, 4) is 0 Å². The molecule has 1 saturated carbocycles. The Kier molecular flexibility index (Phi) is 5.24. The highest BCUT2D eigenvalue weighted by Gasteiger charge is 2.39. The molecule has 29 heavy (non-hydrogen) atoms. The first-order chi connectivity index (χ1) is 14.2. The number of para-hydroxylation sites is 2. The van der Waals surface area contributed by atoms with Crippen molar-refractivity contribution >= 4 is 40.3 Å². The van der Waals surface area contributed by atoms with Crippen LogP contribution in [0.2, 0.25) is 5.02 Å². The van der Waals surface area contributed by atoms with E-state index in [0.717, 1.165) is 52.6 Å². The number of hydrogen-bond donors (Lipinski definition) is 2. The number of nitrogens with one attached hydrogen (secondary N) is 2. The molecule has 0 spiro atoms. The average molecular weight is 427 g/mol. The number of hydrogen-bond acceptors (Lipinski definition) is 4. The van der Waals surface area contributed by atoms with E-state index in [1.807, 2.05) is 48.5 Å². The Bertz CT molecular complexity index is 1000. The van der Waals surface area contributed by atoms with E-state index < -0.39 is 0 Å². The molecule has 1 aromatic heterocycles. The van der Waals surface area contributed by atoms with Crippen molar-refractivity contribution in [1.29, 1.82) is 0 Å². The minimum absolute atomic E-state index is 0.131. The number of likely N-dealkylation sites (tertiary alicyclic amines) is 1. The molecule has 2 aliphatic rings. The first-order valence-corrected chi connectivity index (χ1v) is 11.3. The van der Waals surface area contributed by atoms with Crippen LogP contribution in [0.5, 0.6) is 0 Å². The predicted octanol–water partition coefficient (Wildman–Crippen LogP) is 4.23. The molecule has 3 aromatic rings. The molecule has 2 aromatic carbocycles. The summed E-state index contributed by atoms with van der Waals surface area (Å²) in [6.45, 7) is 1.51. The number of fused-ring (bicyclic) bond motifs is 1. The fourth-order valence-electron chi connectivity index (χ4n) is 3.91. The van der Waals surface area contributed by atoms with Crippen LogP contribution < -0.4 is 5.32 Å². The number of carbonyl (C=O) groups excluding carboxylic acids is 1. The van der Waals surface area contributed by atoms with Crippen LogP contribution in [0.25, 0.3) is 11.0 Å². The van der Waals surface area contributed by atoms with Crippen LogP contribution >= 0.6 is 23.4 Å². The van der Waals surface area contributed by atoms with Gasteiger partial charge in [0.15, 0.2) is 5.16 Å². The molecule has 0 unspecified atom stereocenters. The van der Waals surface area contributed by atoms with Crippen LogP contribution in [0.3, 0.4) is 0 Å². The van der Waals surface area contributed by atoms with Crippen molar-refractivity contribution in [2.24, 2.45) is 0 Å². The van der Waals surface area contributed by atoms with Crippen molar-refractivity contribution in [3.63, 3.8) is 0 Å². The summed E-state index contributed by atoms with van der Waals surface area (Å²) in [6, 6.07) is 16.2. The van der Waals surface area contributed by atoms with E-state index in [4.69, 9.17) is 16.6 Å². The first kappa shape index (κ1) is 19.0. The van der Waals surface area contributed by atoms with Crippen LogP contribution in [-0.4, -0.2) is 44.7 Å². The molecule has 5 rings (SSSR count). The summed E-state index contributed by atoms with van der Waals surface area (Å²) >= 11 is 8.12. The van der Waals surface area contributed by atoms with Gasteiger partial charge < -0.3 is 10.3 Å². The Morgan fingerprint density at radius 3 is 2.79 bits per heavy atom. The molecule has 0 bridgehead atoms. The van der Waals surface area contributed by atoms with Crippen LogP contribution in [0.4, 0.5) is 0 Å². The highest BCUT2D eigenvalue weighted by molar-refractivity contribution is 7.99. The Morgan fingerprint density at radius 2 is 2.00 bits per heavy atom. The van der Waals surface area contributed by atoms with Gasteiger partial charge in [-0.15, -0.1) is 0 Å². The zero-order valence-corrected chi connectivity index (χ0v) is 17.5. The highest BCUT2D eigenvalue weighted by Crippen LogP contribution is 2.34. The molecule has 1 aliphatic heterocycles. The molecular formula is C22H23ClN4OS. The van der Waals surface area contributed by atoms with Gasteiger partial charge in [0.05, 0.1) is 17.1 Å². The number of rotatable bonds is 6. The summed E-state index contributed by atoms with van der Waals surface area (Å²) in [5, 5.41) is 5.15. The lowest BCUT2D eigenvalue weighted by atomic mass is 10.1. The number of benzene rings is 2.